The lowest BCUT2D eigenvalue weighted by Gasteiger charge is -2.26. The standard InChI is InChI=1S/C13H18N2O5/c1-8(2)15(5-6-16)13(20)14-10-4-3-9(12(18)19)7-11(10)17/h3-4,7-8,16-17H,5-6H2,1-2H3,(H,14,20)(H,18,19). The van der Waals surface area contributed by atoms with Gasteiger partial charge in [-0.25, -0.2) is 9.59 Å². The number of carbonyl (C=O) groups excluding carboxylic acids is 1. The molecule has 0 radical (unpaired) electrons. The second-order valence-electron chi connectivity index (χ2n) is 4.48. The fraction of sp³-hybridized carbons (Fsp3) is 0.385. The summed E-state index contributed by atoms with van der Waals surface area (Å²) in [5, 5.41) is 29.9. The summed E-state index contributed by atoms with van der Waals surface area (Å²) in [4.78, 5) is 24.1. The van der Waals surface area contributed by atoms with Gasteiger partial charge in [0.2, 0.25) is 0 Å². The summed E-state index contributed by atoms with van der Waals surface area (Å²) in [7, 11) is 0. The number of aliphatic hydroxyl groups excluding tert-OH is 1. The van der Waals surface area contributed by atoms with E-state index in [9.17, 15) is 14.7 Å². The Morgan fingerprint density at radius 3 is 2.45 bits per heavy atom. The van der Waals surface area contributed by atoms with E-state index >= 15 is 0 Å². The molecule has 0 aliphatic rings. The Balaban J connectivity index is 2.87. The highest BCUT2D eigenvalue weighted by molar-refractivity contribution is 5.93. The van der Waals surface area contributed by atoms with Gasteiger partial charge in [0.25, 0.3) is 0 Å². The number of amides is 2. The van der Waals surface area contributed by atoms with Gasteiger partial charge in [-0.3, -0.25) is 0 Å². The number of phenols is 1. The van der Waals surface area contributed by atoms with Crippen molar-refractivity contribution in [3.8, 4) is 5.75 Å². The van der Waals surface area contributed by atoms with E-state index in [1.165, 1.54) is 17.0 Å². The van der Waals surface area contributed by atoms with E-state index in [1.54, 1.807) is 13.8 Å². The highest BCUT2D eigenvalue weighted by atomic mass is 16.4. The van der Waals surface area contributed by atoms with Crippen molar-refractivity contribution < 1.29 is 24.9 Å². The number of nitrogens with zero attached hydrogens (tertiary/aromatic N) is 1. The van der Waals surface area contributed by atoms with E-state index in [1.807, 2.05) is 0 Å². The maximum absolute atomic E-state index is 12.0. The van der Waals surface area contributed by atoms with Gasteiger partial charge in [-0.15, -0.1) is 0 Å². The summed E-state index contributed by atoms with van der Waals surface area (Å²) >= 11 is 0. The van der Waals surface area contributed by atoms with Crippen molar-refractivity contribution >= 4 is 17.7 Å². The van der Waals surface area contributed by atoms with Crippen LogP contribution in [0.2, 0.25) is 0 Å². The second kappa shape index (κ2) is 6.76. The van der Waals surface area contributed by atoms with Gasteiger partial charge in [0.05, 0.1) is 17.9 Å². The summed E-state index contributed by atoms with van der Waals surface area (Å²) in [6.45, 7) is 3.58. The first-order chi connectivity index (χ1) is 9.36. The van der Waals surface area contributed by atoms with Gasteiger partial charge in [0, 0.05) is 12.6 Å². The fourth-order valence-electron chi connectivity index (χ4n) is 1.66. The zero-order valence-corrected chi connectivity index (χ0v) is 11.3. The number of benzene rings is 1. The quantitative estimate of drug-likeness (QED) is 0.609. The predicted octanol–water partition coefficient (Wildman–Crippen LogP) is 1.33. The highest BCUT2D eigenvalue weighted by Crippen LogP contribution is 2.24. The summed E-state index contributed by atoms with van der Waals surface area (Å²) in [5.41, 5.74) is 0.0418. The van der Waals surface area contributed by atoms with Gasteiger partial charge in [0.1, 0.15) is 5.75 Å². The van der Waals surface area contributed by atoms with Crippen LogP contribution in [0.3, 0.4) is 0 Å². The molecule has 1 rings (SSSR count). The fourth-order valence-corrected chi connectivity index (χ4v) is 1.66. The molecule has 0 saturated heterocycles. The monoisotopic (exact) mass is 282 g/mol. The van der Waals surface area contributed by atoms with Crippen molar-refractivity contribution in [3.05, 3.63) is 23.8 Å². The van der Waals surface area contributed by atoms with E-state index in [2.05, 4.69) is 5.32 Å². The molecule has 0 spiro atoms. The van der Waals surface area contributed by atoms with Crippen molar-refractivity contribution in [2.24, 2.45) is 0 Å². The lowest BCUT2D eigenvalue weighted by Crippen LogP contribution is -2.41. The molecule has 0 fully saturated rings. The van der Waals surface area contributed by atoms with Crippen LogP contribution in [0.1, 0.15) is 24.2 Å². The highest BCUT2D eigenvalue weighted by Gasteiger charge is 2.18. The third kappa shape index (κ3) is 3.86. The summed E-state index contributed by atoms with van der Waals surface area (Å²) < 4.78 is 0. The Bertz CT molecular complexity index is 502. The Hall–Kier alpha value is -2.28. The summed E-state index contributed by atoms with van der Waals surface area (Å²) in [5.74, 6) is -1.49. The maximum Gasteiger partial charge on any atom is 0.335 e. The first-order valence-corrected chi connectivity index (χ1v) is 6.11. The van der Waals surface area contributed by atoms with E-state index in [-0.39, 0.29) is 36.2 Å². The van der Waals surface area contributed by atoms with E-state index in [0.29, 0.717) is 0 Å². The largest absolute Gasteiger partial charge is 0.506 e. The summed E-state index contributed by atoms with van der Waals surface area (Å²) in [6.07, 6.45) is 0. The Labute approximate surface area is 116 Å². The van der Waals surface area contributed by atoms with Gasteiger partial charge in [0.15, 0.2) is 0 Å². The molecule has 0 aromatic heterocycles. The summed E-state index contributed by atoms with van der Waals surface area (Å²) in [6, 6.07) is 3.05. The van der Waals surface area contributed by atoms with Crippen LogP contribution in [-0.4, -0.2) is 51.4 Å². The lowest BCUT2D eigenvalue weighted by molar-refractivity contribution is 0.0696. The average Bonchev–Trinajstić information content (AvgIpc) is 2.37. The van der Waals surface area contributed by atoms with Crippen LogP contribution in [0.5, 0.6) is 5.75 Å². The molecule has 0 heterocycles. The third-order valence-electron chi connectivity index (χ3n) is 2.71. The van der Waals surface area contributed by atoms with Gasteiger partial charge in [-0.2, -0.15) is 0 Å². The van der Waals surface area contributed by atoms with Crippen LogP contribution in [0.25, 0.3) is 0 Å². The first kappa shape index (κ1) is 15.8. The minimum absolute atomic E-state index is 0.0726. The Morgan fingerprint density at radius 1 is 1.35 bits per heavy atom. The number of nitrogens with one attached hydrogen (secondary N) is 1. The second-order valence-corrected chi connectivity index (χ2v) is 4.48. The molecule has 4 N–H and O–H groups in total. The SMILES string of the molecule is CC(C)N(CCO)C(=O)Nc1ccc(C(=O)O)cc1O. The number of urea groups is 1. The molecular weight excluding hydrogens is 264 g/mol. The number of carboxylic acids is 1. The molecule has 0 atom stereocenters. The maximum atomic E-state index is 12.0. The van der Waals surface area contributed by atoms with Gasteiger partial charge in [-0.1, -0.05) is 0 Å². The van der Waals surface area contributed by atoms with Gasteiger partial charge in [-0.05, 0) is 32.0 Å². The zero-order valence-electron chi connectivity index (χ0n) is 11.3. The molecule has 0 bridgehead atoms. The molecule has 1 aromatic carbocycles. The van der Waals surface area contributed by atoms with Crippen LogP contribution in [0.4, 0.5) is 10.5 Å². The van der Waals surface area contributed by atoms with Crippen LogP contribution in [0.15, 0.2) is 18.2 Å². The van der Waals surface area contributed by atoms with E-state index < -0.39 is 12.0 Å². The molecule has 0 unspecified atom stereocenters. The van der Waals surface area contributed by atoms with Crippen molar-refractivity contribution in [2.45, 2.75) is 19.9 Å². The van der Waals surface area contributed by atoms with E-state index in [4.69, 9.17) is 10.2 Å². The van der Waals surface area contributed by atoms with Crippen LogP contribution in [0, 0.1) is 0 Å². The number of carboxylic acid groups (broad SMARTS) is 1. The number of aliphatic hydroxyl groups is 1. The molecule has 0 aliphatic carbocycles. The molecule has 2 amide bonds. The molecular formula is C13H18N2O5. The van der Waals surface area contributed by atoms with Crippen molar-refractivity contribution in [2.75, 3.05) is 18.5 Å². The zero-order chi connectivity index (χ0) is 15.3. The van der Waals surface area contributed by atoms with Crippen molar-refractivity contribution in [1.82, 2.24) is 4.90 Å². The minimum Gasteiger partial charge on any atom is -0.506 e. The van der Waals surface area contributed by atoms with Gasteiger partial charge >= 0.3 is 12.0 Å². The topological polar surface area (TPSA) is 110 Å². The number of hydrogen-bond acceptors (Lipinski definition) is 4. The molecule has 110 valence electrons. The molecule has 0 saturated carbocycles. The van der Waals surface area contributed by atoms with Crippen molar-refractivity contribution in [3.63, 3.8) is 0 Å². The Morgan fingerprint density at radius 2 is 2.00 bits per heavy atom. The number of anilines is 1. The molecule has 1 aromatic rings. The van der Waals surface area contributed by atoms with Crippen LogP contribution in [-0.2, 0) is 0 Å². The number of phenolic OH excluding ortho intramolecular Hbond substituents is 1. The third-order valence-corrected chi connectivity index (χ3v) is 2.71. The number of hydrogen-bond donors (Lipinski definition) is 4. The molecule has 7 nitrogen and oxygen atoms in total. The predicted molar refractivity (Wildman–Crippen MR) is 73.0 cm³/mol. The average molecular weight is 282 g/mol. The van der Waals surface area contributed by atoms with E-state index in [0.717, 1.165) is 6.07 Å². The van der Waals surface area contributed by atoms with Crippen LogP contribution >= 0.6 is 0 Å². The van der Waals surface area contributed by atoms with Crippen LogP contribution < -0.4 is 5.32 Å². The number of aromatic hydroxyl groups is 1. The number of aromatic carboxylic acids is 1. The first-order valence-electron chi connectivity index (χ1n) is 6.11. The lowest BCUT2D eigenvalue weighted by atomic mass is 10.2. The van der Waals surface area contributed by atoms with Gasteiger partial charge < -0.3 is 25.5 Å². The molecule has 0 aliphatic heterocycles. The number of carbonyl (C=O) groups is 2. The normalized spacial score (nSPS) is 10.4. The smallest absolute Gasteiger partial charge is 0.335 e. The molecule has 20 heavy (non-hydrogen) atoms. The number of rotatable bonds is 5. The minimum atomic E-state index is -1.16. The Kier molecular flexibility index (Phi) is 5.33. The van der Waals surface area contributed by atoms with Crippen molar-refractivity contribution in [1.29, 1.82) is 0 Å². The molecule has 7 heteroatoms.